The van der Waals surface area contributed by atoms with Crippen LogP contribution in [-0.4, -0.2) is 44.7 Å². The number of piperazine rings is 1. The molecule has 29 heavy (non-hydrogen) atoms. The van der Waals surface area contributed by atoms with E-state index in [1.54, 1.807) is 0 Å². The molecule has 1 saturated heterocycles. The summed E-state index contributed by atoms with van der Waals surface area (Å²) in [7, 11) is -1.17. The van der Waals surface area contributed by atoms with Gasteiger partial charge in [0, 0.05) is 38.3 Å². The second-order valence-electron chi connectivity index (χ2n) is 7.62. The maximum absolute atomic E-state index is 13.4. The zero-order chi connectivity index (χ0) is 20.4. The molecule has 6 heteroatoms. The van der Waals surface area contributed by atoms with Gasteiger partial charge in [0.15, 0.2) is 0 Å². The molecule has 3 aromatic rings. The maximum Gasteiger partial charge on any atom is 0.141 e. The van der Waals surface area contributed by atoms with Crippen LogP contribution in [0, 0.1) is 20.8 Å². The molecular weight excluding hydrogens is 382 g/mol. The molecule has 1 aliphatic rings. The minimum atomic E-state index is -1.17. The standard InChI is InChI=1S/C23H27N3O2S/c1-17-9-10-21(23-18(2)24-28-19(23)3)15-22(17)29(27)26-13-11-25(12-14-26)16-20-7-5-4-6-8-20/h4-10,15H,11-14,16H2,1-3H3. The second kappa shape index (κ2) is 8.61. The average Bonchev–Trinajstić information content (AvgIpc) is 3.07. The van der Waals surface area contributed by atoms with Gasteiger partial charge in [-0.15, -0.1) is 0 Å². The average molecular weight is 410 g/mol. The predicted octanol–water partition coefficient (Wildman–Crippen LogP) is 4.11. The van der Waals surface area contributed by atoms with Crippen LogP contribution in [0.4, 0.5) is 0 Å². The molecule has 0 aliphatic carbocycles. The van der Waals surface area contributed by atoms with Crippen molar-refractivity contribution in [2.24, 2.45) is 0 Å². The molecule has 0 bridgehead atoms. The van der Waals surface area contributed by atoms with Crippen LogP contribution in [-0.2, 0) is 17.5 Å². The zero-order valence-corrected chi connectivity index (χ0v) is 18.0. The van der Waals surface area contributed by atoms with Gasteiger partial charge in [0.05, 0.1) is 10.6 Å². The monoisotopic (exact) mass is 409 g/mol. The third-order valence-electron chi connectivity index (χ3n) is 5.51. The molecule has 4 rings (SSSR count). The van der Waals surface area contributed by atoms with E-state index in [2.05, 4.69) is 44.7 Å². The first-order chi connectivity index (χ1) is 14.0. The lowest BCUT2D eigenvalue weighted by Gasteiger charge is -2.34. The van der Waals surface area contributed by atoms with Gasteiger partial charge < -0.3 is 4.52 Å². The number of benzene rings is 2. The summed E-state index contributed by atoms with van der Waals surface area (Å²) in [5.74, 6) is 0.789. The zero-order valence-electron chi connectivity index (χ0n) is 17.2. The van der Waals surface area contributed by atoms with Gasteiger partial charge in [0.1, 0.15) is 16.7 Å². The number of aromatic nitrogens is 1. The number of hydrogen-bond donors (Lipinski definition) is 0. The van der Waals surface area contributed by atoms with Gasteiger partial charge in [-0.05, 0) is 43.5 Å². The van der Waals surface area contributed by atoms with Crippen LogP contribution in [0.1, 0.15) is 22.6 Å². The molecule has 1 unspecified atom stereocenters. The van der Waals surface area contributed by atoms with Crippen molar-refractivity contribution >= 4 is 11.0 Å². The molecule has 5 nitrogen and oxygen atoms in total. The lowest BCUT2D eigenvalue weighted by atomic mass is 10.0. The minimum Gasteiger partial charge on any atom is -0.361 e. The van der Waals surface area contributed by atoms with Crippen LogP contribution in [0.3, 0.4) is 0 Å². The van der Waals surface area contributed by atoms with E-state index >= 15 is 0 Å². The summed E-state index contributed by atoms with van der Waals surface area (Å²) in [4.78, 5) is 3.30. The van der Waals surface area contributed by atoms with Crippen molar-refractivity contribution in [2.75, 3.05) is 26.2 Å². The molecule has 0 amide bonds. The van der Waals surface area contributed by atoms with Crippen LogP contribution in [0.15, 0.2) is 57.9 Å². The first-order valence-corrected chi connectivity index (χ1v) is 11.1. The first kappa shape index (κ1) is 20.0. The van der Waals surface area contributed by atoms with Crippen LogP contribution in [0.5, 0.6) is 0 Å². The SMILES string of the molecule is Cc1ccc(-c2c(C)noc2C)cc1S(=O)N1CCN(Cc2ccccc2)CC1. The summed E-state index contributed by atoms with van der Waals surface area (Å²) in [5.41, 5.74) is 5.24. The highest BCUT2D eigenvalue weighted by Crippen LogP contribution is 2.30. The van der Waals surface area contributed by atoms with Crippen molar-refractivity contribution in [3.05, 3.63) is 71.1 Å². The molecule has 1 atom stereocenters. The van der Waals surface area contributed by atoms with E-state index in [0.29, 0.717) is 0 Å². The number of aryl methyl sites for hydroxylation is 3. The van der Waals surface area contributed by atoms with Crippen molar-refractivity contribution in [3.8, 4) is 11.1 Å². The number of rotatable bonds is 5. The predicted molar refractivity (Wildman–Crippen MR) is 116 cm³/mol. The fourth-order valence-electron chi connectivity index (χ4n) is 3.87. The van der Waals surface area contributed by atoms with Crippen molar-refractivity contribution in [3.63, 3.8) is 0 Å². The molecule has 1 aromatic heterocycles. The van der Waals surface area contributed by atoms with Gasteiger partial charge in [0.25, 0.3) is 0 Å². The van der Waals surface area contributed by atoms with E-state index in [1.165, 1.54) is 5.56 Å². The summed E-state index contributed by atoms with van der Waals surface area (Å²) in [6, 6.07) is 16.7. The van der Waals surface area contributed by atoms with Crippen LogP contribution in [0.2, 0.25) is 0 Å². The highest BCUT2D eigenvalue weighted by molar-refractivity contribution is 7.82. The van der Waals surface area contributed by atoms with Gasteiger partial charge in [-0.25, -0.2) is 8.51 Å². The highest BCUT2D eigenvalue weighted by Gasteiger charge is 2.24. The lowest BCUT2D eigenvalue weighted by molar-refractivity contribution is 0.185. The van der Waals surface area contributed by atoms with Gasteiger partial charge in [-0.1, -0.05) is 47.6 Å². The summed E-state index contributed by atoms with van der Waals surface area (Å²) < 4.78 is 20.8. The van der Waals surface area contributed by atoms with Gasteiger partial charge in [0.2, 0.25) is 0 Å². The fraction of sp³-hybridized carbons (Fsp3) is 0.348. The molecule has 0 N–H and O–H groups in total. The Kier molecular flexibility index (Phi) is 5.94. The molecule has 1 fully saturated rings. The summed E-state index contributed by atoms with van der Waals surface area (Å²) in [6.07, 6.45) is 0. The molecular formula is C23H27N3O2S. The van der Waals surface area contributed by atoms with E-state index in [4.69, 9.17) is 4.52 Å². The third-order valence-corrected chi connectivity index (χ3v) is 7.16. The topological polar surface area (TPSA) is 49.6 Å². The van der Waals surface area contributed by atoms with Gasteiger partial charge >= 0.3 is 0 Å². The second-order valence-corrected chi connectivity index (χ2v) is 9.07. The minimum absolute atomic E-state index is 0.789. The highest BCUT2D eigenvalue weighted by atomic mass is 32.2. The normalized spacial score (nSPS) is 16.8. The van der Waals surface area contributed by atoms with Crippen molar-refractivity contribution in [2.45, 2.75) is 32.2 Å². The van der Waals surface area contributed by atoms with Crippen molar-refractivity contribution in [1.82, 2.24) is 14.4 Å². The summed E-state index contributed by atoms with van der Waals surface area (Å²) in [5, 5.41) is 4.06. The largest absolute Gasteiger partial charge is 0.361 e. The Hall–Kier alpha value is -2.28. The Labute approximate surface area is 174 Å². The lowest BCUT2D eigenvalue weighted by Crippen LogP contribution is -2.46. The Bertz CT molecular complexity index is 989. The molecule has 2 heterocycles. The van der Waals surface area contributed by atoms with E-state index in [-0.39, 0.29) is 0 Å². The van der Waals surface area contributed by atoms with E-state index in [1.807, 2.05) is 39.0 Å². The van der Waals surface area contributed by atoms with Crippen molar-refractivity contribution in [1.29, 1.82) is 0 Å². The van der Waals surface area contributed by atoms with Gasteiger partial charge in [-0.3, -0.25) is 4.90 Å². The Balaban J connectivity index is 1.47. The van der Waals surface area contributed by atoms with Crippen LogP contribution < -0.4 is 0 Å². The van der Waals surface area contributed by atoms with Crippen LogP contribution in [0.25, 0.3) is 11.1 Å². The molecule has 2 aromatic carbocycles. The molecule has 0 spiro atoms. The Morgan fingerprint density at radius 1 is 1.00 bits per heavy atom. The van der Waals surface area contributed by atoms with E-state index in [0.717, 1.165) is 65.8 Å². The number of nitrogens with zero attached hydrogens (tertiary/aromatic N) is 3. The first-order valence-electron chi connectivity index (χ1n) is 10.00. The molecule has 0 saturated carbocycles. The fourth-order valence-corrected chi connectivity index (χ4v) is 5.22. The van der Waals surface area contributed by atoms with E-state index < -0.39 is 11.0 Å². The molecule has 1 aliphatic heterocycles. The summed E-state index contributed by atoms with van der Waals surface area (Å²) >= 11 is 0. The summed E-state index contributed by atoms with van der Waals surface area (Å²) in [6.45, 7) is 10.3. The van der Waals surface area contributed by atoms with Gasteiger partial charge in [-0.2, -0.15) is 0 Å². The smallest absolute Gasteiger partial charge is 0.141 e. The van der Waals surface area contributed by atoms with Crippen LogP contribution >= 0.6 is 0 Å². The quantitative estimate of drug-likeness (QED) is 0.636. The Morgan fingerprint density at radius 2 is 1.72 bits per heavy atom. The van der Waals surface area contributed by atoms with E-state index in [9.17, 15) is 4.21 Å². The Morgan fingerprint density at radius 3 is 2.38 bits per heavy atom. The third kappa shape index (κ3) is 4.34. The maximum atomic E-state index is 13.4. The molecule has 0 radical (unpaired) electrons. The molecule has 152 valence electrons. The number of hydrogen-bond acceptors (Lipinski definition) is 4. The van der Waals surface area contributed by atoms with Crippen molar-refractivity contribution < 1.29 is 8.73 Å².